The van der Waals surface area contributed by atoms with E-state index in [9.17, 15) is 0 Å². The molecule has 4 atom stereocenters. The summed E-state index contributed by atoms with van der Waals surface area (Å²) in [5.41, 5.74) is 2.66. The zero-order chi connectivity index (χ0) is 13.5. The predicted molar refractivity (Wildman–Crippen MR) is 75.2 cm³/mol. The summed E-state index contributed by atoms with van der Waals surface area (Å²) in [6.07, 6.45) is 3.72. The third kappa shape index (κ3) is 4.46. The van der Waals surface area contributed by atoms with Gasteiger partial charge in [-0.2, -0.15) is 0 Å². The van der Waals surface area contributed by atoms with Crippen molar-refractivity contribution in [1.82, 2.24) is 10.7 Å². The first kappa shape index (κ1) is 15.2. The second kappa shape index (κ2) is 7.59. The smallest absolute Gasteiger partial charge is 0.206 e. The molecule has 0 bridgehead atoms. The molecular weight excluding hydrogens is 228 g/mol. The number of rotatable bonds is 4. The maximum atomic E-state index is 5.53. The summed E-state index contributed by atoms with van der Waals surface area (Å²) in [7, 11) is 1.69. The van der Waals surface area contributed by atoms with Crippen LogP contribution in [0.4, 0.5) is 0 Å². The molecule has 5 heteroatoms. The van der Waals surface area contributed by atoms with Crippen LogP contribution in [0.15, 0.2) is 4.99 Å². The Labute approximate surface area is 111 Å². The monoisotopic (exact) mass is 256 g/mol. The van der Waals surface area contributed by atoms with Crippen molar-refractivity contribution >= 4 is 5.96 Å². The lowest BCUT2D eigenvalue weighted by Gasteiger charge is -2.32. The average Bonchev–Trinajstić information content (AvgIpc) is 2.34. The summed E-state index contributed by atoms with van der Waals surface area (Å²) >= 11 is 0. The van der Waals surface area contributed by atoms with Crippen LogP contribution in [0.3, 0.4) is 0 Å². The van der Waals surface area contributed by atoms with Crippen molar-refractivity contribution in [1.29, 1.82) is 0 Å². The van der Waals surface area contributed by atoms with Crippen molar-refractivity contribution in [3.63, 3.8) is 0 Å². The van der Waals surface area contributed by atoms with Gasteiger partial charge in [0.15, 0.2) is 0 Å². The molecule has 0 aromatic carbocycles. The van der Waals surface area contributed by atoms with E-state index in [1.165, 1.54) is 12.8 Å². The van der Waals surface area contributed by atoms with Gasteiger partial charge in [0.05, 0.1) is 12.6 Å². The van der Waals surface area contributed by atoms with E-state index in [1.54, 1.807) is 7.11 Å². The van der Waals surface area contributed by atoms with Gasteiger partial charge < -0.3 is 10.1 Å². The van der Waals surface area contributed by atoms with Crippen molar-refractivity contribution in [3.05, 3.63) is 0 Å². The van der Waals surface area contributed by atoms with Crippen LogP contribution in [-0.4, -0.2) is 31.8 Å². The third-order valence-corrected chi connectivity index (χ3v) is 3.90. The van der Waals surface area contributed by atoms with Gasteiger partial charge in [0, 0.05) is 13.2 Å². The van der Waals surface area contributed by atoms with E-state index < -0.39 is 0 Å². The molecule has 18 heavy (non-hydrogen) atoms. The zero-order valence-electron chi connectivity index (χ0n) is 12.1. The molecule has 0 aliphatic heterocycles. The molecule has 1 fully saturated rings. The second-order valence-electron chi connectivity index (χ2n) is 5.46. The van der Waals surface area contributed by atoms with Gasteiger partial charge in [-0.1, -0.05) is 26.7 Å². The van der Waals surface area contributed by atoms with Crippen LogP contribution in [0.25, 0.3) is 0 Å². The molecule has 0 saturated heterocycles. The van der Waals surface area contributed by atoms with Crippen molar-refractivity contribution in [2.75, 3.05) is 13.7 Å². The normalized spacial score (nSPS) is 30.9. The molecule has 1 aliphatic carbocycles. The van der Waals surface area contributed by atoms with Crippen LogP contribution >= 0.6 is 0 Å². The van der Waals surface area contributed by atoms with E-state index in [-0.39, 0.29) is 6.04 Å². The van der Waals surface area contributed by atoms with E-state index in [1.807, 2.05) is 6.92 Å². The maximum Gasteiger partial charge on any atom is 0.206 e. The number of ether oxygens (including phenoxy) is 1. The highest BCUT2D eigenvalue weighted by Gasteiger charge is 2.27. The Kier molecular flexibility index (Phi) is 6.43. The summed E-state index contributed by atoms with van der Waals surface area (Å²) in [5, 5.41) is 3.24. The third-order valence-electron chi connectivity index (χ3n) is 3.90. The first-order valence-electron chi connectivity index (χ1n) is 6.88. The van der Waals surface area contributed by atoms with Crippen LogP contribution in [0, 0.1) is 11.8 Å². The van der Waals surface area contributed by atoms with Crippen LogP contribution in [0.2, 0.25) is 0 Å². The van der Waals surface area contributed by atoms with E-state index in [0.717, 1.165) is 12.3 Å². The Morgan fingerprint density at radius 1 is 1.44 bits per heavy atom. The Hall–Kier alpha value is -0.810. The van der Waals surface area contributed by atoms with Gasteiger partial charge in [-0.15, -0.1) is 0 Å². The minimum absolute atomic E-state index is 0.195. The summed E-state index contributed by atoms with van der Waals surface area (Å²) in [5.74, 6) is 7.55. The van der Waals surface area contributed by atoms with Gasteiger partial charge >= 0.3 is 0 Å². The number of hydrazine groups is 1. The fraction of sp³-hybridized carbons (Fsp3) is 0.923. The molecule has 1 saturated carbocycles. The van der Waals surface area contributed by atoms with E-state index in [0.29, 0.717) is 24.5 Å². The number of nitrogens with zero attached hydrogens (tertiary/aromatic N) is 1. The molecule has 0 aromatic heterocycles. The van der Waals surface area contributed by atoms with Crippen molar-refractivity contribution in [2.24, 2.45) is 22.7 Å². The Morgan fingerprint density at radius 3 is 2.78 bits per heavy atom. The quantitative estimate of drug-likeness (QED) is 0.306. The molecule has 0 amide bonds. The van der Waals surface area contributed by atoms with Gasteiger partial charge in [0.1, 0.15) is 0 Å². The van der Waals surface area contributed by atoms with Gasteiger partial charge in [-0.3, -0.25) is 5.43 Å². The number of guanidine groups is 1. The summed E-state index contributed by atoms with van der Waals surface area (Å²) < 4.78 is 5.09. The zero-order valence-corrected chi connectivity index (χ0v) is 12.1. The number of aliphatic imine (C=N–C) groups is 1. The molecule has 0 radical (unpaired) electrons. The minimum atomic E-state index is 0.195. The van der Waals surface area contributed by atoms with Crippen LogP contribution in [0.5, 0.6) is 0 Å². The molecule has 4 N–H and O–H groups in total. The predicted octanol–water partition coefficient (Wildman–Crippen LogP) is 1.25. The van der Waals surface area contributed by atoms with Crippen molar-refractivity contribution in [2.45, 2.75) is 52.1 Å². The van der Waals surface area contributed by atoms with Gasteiger partial charge in [0.25, 0.3) is 0 Å². The first-order valence-corrected chi connectivity index (χ1v) is 6.88. The van der Waals surface area contributed by atoms with E-state index >= 15 is 0 Å². The summed E-state index contributed by atoms with van der Waals surface area (Å²) in [6, 6.07) is 0.558. The molecular formula is C13H28N4O. The second-order valence-corrected chi connectivity index (χ2v) is 5.46. The van der Waals surface area contributed by atoms with Crippen LogP contribution in [-0.2, 0) is 4.74 Å². The standard InChI is InChI=1S/C13H28N4O/c1-9-6-5-7-12(11(9)3)16-13(17-14)15-10(2)8-18-4/h9-12H,5-8,14H2,1-4H3,(H2,15,16,17). The molecule has 1 rings (SSSR count). The number of nitrogens with two attached hydrogens (primary N) is 1. The lowest BCUT2D eigenvalue weighted by molar-refractivity contribution is 0.178. The molecule has 4 unspecified atom stereocenters. The lowest BCUT2D eigenvalue weighted by Crippen LogP contribution is -2.48. The molecule has 0 aromatic rings. The van der Waals surface area contributed by atoms with Gasteiger partial charge in [-0.25, -0.2) is 10.8 Å². The number of methoxy groups -OCH3 is 1. The molecule has 0 heterocycles. The fourth-order valence-corrected chi connectivity index (χ4v) is 2.54. The van der Waals surface area contributed by atoms with Crippen molar-refractivity contribution in [3.8, 4) is 0 Å². The molecule has 5 nitrogen and oxygen atoms in total. The SMILES string of the molecule is COCC(C)NC(=NC1CCCC(C)C1C)NN. The lowest BCUT2D eigenvalue weighted by atomic mass is 9.78. The van der Waals surface area contributed by atoms with Gasteiger partial charge in [0.2, 0.25) is 5.96 Å². The van der Waals surface area contributed by atoms with E-state index in [2.05, 4.69) is 24.6 Å². The number of nitrogens with one attached hydrogen (secondary N) is 2. The summed E-state index contributed by atoms with van der Waals surface area (Å²) in [6.45, 7) is 7.27. The Balaban J connectivity index is 2.59. The highest BCUT2D eigenvalue weighted by Crippen LogP contribution is 2.31. The highest BCUT2D eigenvalue weighted by atomic mass is 16.5. The largest absolute Gasteiger partial charge is 0.383 e. The van der Waals surface area contributed by atoms with Gasteiger partial charge in [-0.05, 0) is 25.2 Å². The van der Waals surface area contributed by atoms with E-state index in [4.69, 9.17) is 15.6 Å². The average molecular weight is 256 g/mol. The molecule has 1 aliphatic rings. The molecule has 106 valence electrons. The Bertz CT molecular complexity index is 270. The molecule has 0 spiro atoms. The highest BCUT2D eigenvalue weighted by molar-refractivity contribution is 5.79. The van der Waals surface area contributed by atoms with Crippen LogP contribution in [0.1, 0.15) is 40.0 Å². The minimum Gasteiger partial charge on any atom is -0.383 e. The fourth-order valence-electron chi connectivity index (χ4n) is 2.54. The van der Waals surface area contributed by atoms with Crippen LogP contribution < -0.4 is 16.6 Å². The topological polar surface area (TPSA) is 71.7 Å². The maximum absolute atomic E-state index is 5.53. The summed E-state index contributed by atoms with van der Waals surface area (Å²) in [4.78, 5) is 4.72. The number of hydrogen-bond donors (Lipinski definition) is 3. The Morgan fingerprint density at radius 2 is 2.17 bits per heavy atom. The first-order chi connectivity index (χ1) is 8.58. The number of hydrogen-bond acceptors (Lipinski definition) is 3. The van der Waals surface area contributed by atoms with Crippen molar-refractivity contribution < 1.29 is 4.74 Å².